The molecule has 1 saturated heterocycles. The molecule has 0 bridgehead atoms. The normalized spacial score (nSPS) is 45.4. The number of nitrogens with one attached hydrogen (secondary N) is 1. The van der Waals surface area contributed by atoms with Crippen LogP contribution in [-0.2, 0) is 4.79 Å². The van der Waals surface area contributed by atoms with Crippen LogP contribution < -0.4 is 5.32 Å². The number of hydrogen-bond donors (Lipinski definition) is 2. The van der Waals surface area contributed by atoms with Gasteiger partial charge in [0.15, 0.2) is 0 Å². The third kappa shape index (κ3) is 0.540. The van der Waals surface area contributed by atoms with Crippen LogP contribution in [0.4, 0.5) is 0 Å². The molecule has 8 heavy (non-hydrogen) atoms. The Labute approximate surface area is 54.1 Å². The van der Waals surface area contributed by atoms with Gasteiger partial charge >= 0.3 is 0 Å². The van der Waals surface area contributed by atoms with E-state index < -0.39 is 4.75 Å². The van der Waals surface area contributed by atoms with Gasteiger partial charge in [-0.1, -0.05) is 0 Å². The van der Waals surface area contributed by atoms with Crippen molar-refractivity contribution in [3.8, 4) is 0 Å². The van der Waals surface area contributed by atoms with Crippen LogP contribution in [-0.4, -0.2) is 16.7 Å². The minimum absolute atomic E-state index is 0.0355. The second-order valence-corrected chi connectivity index (χ2v) is 3.27. The average molecular weight is 131 g/mol. The van der Waals surface area contributed by atoms with Crippen molar-refractivity contribution in [3.05, 3.63) is 0 Å². The maximum Gasteiger partial charge on any atom is 0.238 e. The van der Waals surface area contributed by atoms with Crippen LogP contribution in [0.2, 0.25) is 0 Å². The fourth-order valence-electron chi connectivity index (χ4n) is 0.602. The van der Waals surface area contributed by atoms with Gasteiger partial charge in [-0.25, -0.2) is 0 Å². The quantitative estimate of drug-likeness (QED) is 0.357. The SMILES string of the molecule is CC1NC(=O)C1(C)S. The molecule has 3 heteroatoms. The molecule has 1 heterocycles. The largest absolute Gasteiger partial charge is 0.350 e. The third-order valence-electron chi connectivity index (χ3n) is 1.65. The lowest BCUT2D eigenvalue weighted by atomic mass is 9.93. The summed E-state index contributed by atoms with van der Waals surface area (Å²) in [5.41, 5.74) is 0. The van der Waals surface area contributed by atoms with E-state index in [1.807, 2.05) is 13.8 Å². The van der Waals surface area contributed by atoms with Gasteiger partial charge in [0.1, 0.15) is 4.75 Å². The van der Waals surface area contributed by atoms with E-state index in [0.29, 0.717) is 0 Å². The molecule has 2 unspecified atom stereocenters. The highest BCUT2D eigenvalue weighted by Crippen LogP contribution is 2.26. The van der Waals surface area contributed by atoms with Crippen molar-refractivity contribution >= 4 is 18.5 Å². The predicted molar refractivity (Wildman–Crippen MR) is 35.0 cm³/mol. The molecule has 0 saturated carbocycles. The molecule has 0 aliphatic carbocycles. The van der Waals surface area contributed by atoms with Crippen molar-refractivity contribution in [2.24, 2.45) is 0 Å². The molecular formula is C5H9NOS. The third-order valence-corrected chi connectivity index (χ3v) is 2.24. The predicted octanol–water partition coefficient (Wildman–Crippen LogP) is 0.193. The van der Waals surface area contributed by atoms with Crippen molar-refractivity contribution in [2.45, 2.75) is 24.6 Å². The lowest BCUT2D eigenvalue weighted by Gasteiger charge is -2.40. The Hall–Kier alpha value is -0.180. The molecule has 0 spiro atoms. The van der Waals surface area contributed by atoms with E-state index in [0.717, 1.165) is 0 Å². The Morgan fingerprint density at radius 3 is 2.38 bits per heavy atom. The number of hydrogen-bond acceptors (Lipinski definition) is 2. The number of thiol groups is 1. The minimum atomic E-state index is -0.417. The summed E-state index contributed by atoms with van der Waals surface area (Å²) < 4.78 is -0.417. The molecule has 1 aliphatic rings. The van der Waals surface area contributed by atoms with Crippen LogP contribution in [0.5, 0.6) is 0 Å². The maximum absolute atomic E-state index is 10.6. The van der Waals surface area contributed by atoms with Crippen molar-refractivity contribution in [2.75, 3.05) is 0 Å². The maximum atomic E-state index is 10.6. The zero-order valence-electron chi connectivity index (χ0n) is 4.93. The van der Waals surface area contributed by atoms with Gasteiger partial charge in [-0.15, -0.1) is 0 Å². The van der Waals surface area contributed by atoms with E-state index in [1.165, 1.54) is 0 Å². The molecule has 46 valence electrons. The summed E-state index contributed by atoms with van der Waals surface area (Å²) in [4.78, 5) is 10.6. The van der Waals surface area contributed by atoms with Crippen LogP contribution in [0, 0.1) is 0 Å². The highest BCUT2D eigenvalue weighted by molar-refractivity contribution is 7.83. The molecule has 0 aromatic heterocycles. The molecular weight excluding hydrogens is 122 g/mol. The van der Waals surface area contributed by atoms with Gasteiger partial charge in [0, 0.05) is 6.04 Å². The molecule has 1 aliphatic heterocycles. The van der Waals surface area contributed by atoms with Gasteiger partial charge in [0.2, 0.25) is 5.91 Å². The number of carbonyl (C=O) groups is 1. The van der Waals surface area contributed by atoms with Crippen LogP contribution >= 0.6 is 12.6 Å². The van der Waals surface area contributed by atoms with Crippen molar-refractivity contribution in [1.82, 2.24) is 5.32 Å². The molecule has 2 nitrogen and oxygen atoms in total. The molecule has 0 aromatic rings. The van der Waals surface area contributed by atoms with E-state index in [4.69, 9.17) is 0 Å². The van der Waals surface area contributed by atoms with E-state index in [9.17, 15) is 4.79 Å². The van der Waals surface area contributed by atoms with E-state index in [1.54, 1.807) is 0 Å². The van der Waals surface area contributed by atoms with Crippen molar-refractivity contribution < 1.29 is 4.79 Å². The summed E-state index contributed by atoms with van der Waals surface area (Å²) in [5, 5.41) is 2.68. The van der Waals surface area contributed by atoms with Gasteiger partial charge in [-0.2, -0.15) is 12.6 Å². The Kier molecular flexibility index (Phi) is 1.05. The van der Waals surface area contributed by atoms with E-state index in [2.05, 4.69) is 17.9 Å². The molecule has 1 amide bonds. The summed E-state index contributed by atoms with van der Waals surface area (Å²) in [6.45, 7) is 3.76. The Morgan fingerprint density at radius 2 is 2.38 bits per heavy atom. The second-order valence-electron chi connectivity index (χ2n) is 2.34. The summed E-state index contributed by atoms with van der Waals surface area (Å²) in [7, 11) is 0. The fraction of sp³-hybridized carbons (Fsp3) is 0.800. The molecule has 1 N–H and O–H groups in total. The average Bonchev–Trinajstić information content (AvgIpc) is 1.68. The molecule has 1 rings (SSSR count). The first-order valence-corrected chi connectivity index (χ1v) is 3.03. The smallest absolute Gasteiger partial charge is 0.238 e. The monoisotopic (exact) mass is 131 g/mol. The zero-order chi connectivity index (χ0) is 6.36. The van der Waals surface area contributed by atoms with Crippen LogP contribution in [0.3, 0.4) is 0 Å². The zero-order valence-corrected chi connectivity index (χ0v) is 5.83. The summed E-state index contributed by atoms with van der Waals surface area (Å²) >= 11 is 4.12. The van der Waals surface area contributed by atoms with E-state index in [-0.39, 0.29) is 11.9 Å². The van der Waals surface area contributed by atoms with Crippen molar-refractivity contribution in [1.29, 1.82) is 0 Å². The first-order valence-electron chi connectivity index (χ1n) is 2.58. The number of rotatable bonds is 0. The summed E-state index contributed by atoms with van der Waals surface area (Å²) in [5.74, 6) is 0.0355. The van der Waals surface area contributed by atoms with E-state index >= 15 is 0 Å². The van der Waals surface area contributed by atoms with Crippen LogP contribution in [0.1, 0.15) is 13.8 Å². The number of carbonyl (C=O) groups excluding carboxylic acids is 1. The summed E-state index contributed by atoms with van der Waals surface area (Å²) in [6.07, 6.45) is 0. The van der Waals surface area contributed by atoms with Crippen molar-refractivity contribution in [3.63, 3.8) is 0 Å². The molecule has 2 atom stereocenters. The lowest BCUT2D eigenvalue weighted by Crippen LogP contribution is -2.66. The van der Waals surface area contributed by atoms with Crippen LogP contribution in [0.15, 0.2) is 0 Å². The van der Waals surface area contributed by atoms with Gasteiger partial charge in [0.25, 0.3) is 0 Å². The standard InChI is InChI=1S/C5H9NOS/c1-3-5(2,8)4(7)6-3/h3,8H,1-2H3,(H,6,7). The summed E-state index contributed by atoms with van der Waals surface area (Å²) in [6, 6.07) is 0.221. The number of amides is 1. The van der Waals surface area contributed by atoms with Gasteiger partial charge in [0.05, 0.1) is 0 Å². The molecule has 1 fully saturated rings. The lowest BCUT2D eigenvalue weighted by molar-refractivity contribution is -0.130. The Morgan fingerprint density at radius 1 is 1.88 bits per heavy atom. The van der Waals surface area contributed by atoms with Gasteiger partial charge in [-0.3, -0.25) is 4.79 Å². The minimum Gasteiger partial charge on any atom is -0.350 e. The first kappa shape index (κ1) is 5.95. The fourth-order valence-corrected chi connectivity index (χ4v) is 0.731. The van der Waals surface area contributed by atoms with Gasteiger partial charge < -0.3 is 5.32 Å². The topological polar surface area (TPSA) is 29.1 Å². The Balaban J connectivity index is 2.66. The van der Waals surface area contributed by atoms with Gasteiger partial charge in [-0.05, 0) is 13.8 Å². The second kappa shape index (κ2) is 1.41. The highest BCUT2D eigenvalue weighted by Gasteiger charge is 2.45. The first-order chi connectivity index (χ1) is 3.55. The molecule has 0 aromatic carbocycles. The van der Waals surface area contributed by atoms with Crippen LogP contribution in [0.25, 0.3) is 0 Å². The molecule has 0 radical (unpaired) electrons. The Bertz CT molecular complexity index is 132. The highest BCUT2D eigenvalue weighted by atomic mass is 32.1. The number of β-lactam (4-membered cyclic amide) rings is 1.